The molecule has 0 aliphatic heterocycles. The van der Waals surface area contributed by atoms with Crippen molar-refractivity contribution in [3.8, 4) is 5.75 Å². The number of amides is 1. The topological polar surface area (TPSA) is 77.8 Å². The van der Waals surface area contributed by atoms with E-state index in [9.17, 15) is 14.7 Å². The molecular formula is C15H19NO4. The van der Waals surface area contributed by atoms with Crippen molar-refractivity contribution in [2.24, 2.45) is 0 Å². The van der Waals surface area contributed by atoms with E-state index in [0.29, 0.717) is 12.0 Å². The first kappa shape index (κ1) is 14.4. The summed E-state index contributed by atoms with van der Waals surface area (Å²) < 4.78 is 0. The quantitative estimate of drug-likeness (QED) is 0.831. The van der Waals surface area contributed by atoms with Crippen molar-refractivity contribution in [3.63, 3.8) is 0 Å². The van der Waals surface area contributed by atoms with Gasteiger partial charge in [-0.15, -0.1) is 0 Å². The molecule has 2 rings (SSSR count). The Kier molecular flexibility index (Phi) is 4.27. The summed E-state index contributed by atoms with van der Waals surface area (Å²) >= 11 is 0. The fourth-order valence-corrected chi connectivity index (χ4v) is 2.30. The number of carboxylic acids is 1. The number of hydrogen-bond acceptors (Lipinski definition) is 3. The fraction of sp³-hybridized carbons (Fsp3) is 0.467. The van der Waals surface area contributed by atoms with Crippen LogP contribution >= 0.6 is 0 Å². The number of aromatic hydroxyl groups is 1. The maximum Gasteiger partial charge on any atom is 0.326 e. The van der Waals surface area contributed by atoms with Gasteiger partial charge in [-0.2, -0.15) is 0 Å². The van der Waals surface area contributed by atoms with Crippen LogP contribution in [0.5, 0.6) is 5.75 Å². The number of carbonyl (C=O) groups excluding carboxylic acids is 1. The molecule has 5 nitrogen and oxygen atoms in total. The second-order valence-electron chi connectivity index (χ2n) is 5.18. The zero-order valence-electron chi connectivity index (χ0n) is 11.5. The van der Waals surface area contributed by atoms with Crippen molar-refractivity contribution in [1.82, 2.24) is 4.90 Å². The molecule has 0 radical (unpaired) electrons. The molecule has 1 unspecified atom stereocenters. The van der Waals surface area contributed by atoms with Crippen molar-refractivity contribution < 1.29 is 19.8 Å². The molecule has 0 spiro atoms. The van der Waals surface area contributed by atoms with Gasteiger partial charge in [0.2, 0.25) is 5.91 Å². The van der Waals surface area contributed by atoms with Crippen LogP contribution in [0.15, 0.2) is 24.3 Å². The Labute approximate surface area is 117 Å². The first-order chi connectivity index (χ1) is 9.50. The predicted molar refractivity (Wildman–Crippen MR) is 73.4 cm³/mol. The van der Waals surface area contributed by atoms with Gasteiger partial charge in [0.05, 0.1) is 0 Å². The molecule has 2 N–H and O–H groups in total. The number of carbonyl (C=O) groups is 2. The number of para-hydroxylation sites is 1. The zero-order valence-corrected chi connectivity index (χ0v) is 11.5. The zero-order chi connectivity index (χ0) is 14.7. The molecule has 1 aromatic carbocycles. The van der Waals surface area contributed by atoms with Crippen LogP contribution in [0.3, 0.4) is 0 Å². The second-order valence-corrected chi connectivity index (χ2v) is 5.18. The monoisotopic (exact) mass is 277 g/mol. The molecule has 108 valence electrons. The van der Waals surface area contributed by atoms with E-state index in [-0.39, 0.29) is 24.1 Å². The van der Waals surface area contributed by atoms with Gasteiger partial charge < -0.3 is 15.1 Å². The number of phenols is 1. The van der Waals surface area contributed by atoms with Crippen molar-refractivity contribution in [2.75, 3.05) is 0 Å². The minimum atomic E-state index is -0.979. The molecule has 0 aromatic heterocycles. The normalized spacial score (nSPS) is 15.7. The third kappa shape index (κ3) is 3.29. The van der Waals surface area contributed by atoms with Crippen LogP contribution in [0.4, 0.5) is 0 Å². The van der Waals surface area contributed by atoms with Crippen LogP contribution in [-0.4, -0.2) is 39.1 Å². The lowest BCUT2D eigenvalue weighted by Crippen LogP contribution is -2.44. The lowest BCUT2D eigenvalue weighted by Gasteiger charge is -2.26. The average molecular weight is 277 g/mol. The van der Waals surface area contributed by atoms with Gasteiger partial charge in [0, 0.05) is 12.5 Å². The van der Waals surface area contributed by atoms with E-state index in [1.165, 1.54) is 4.90 Å². The number of carboxylic acid groups (broad SMARTS) is 1. The van der Waals surface area contributed by atoms with Gasteiger partial charge in [-0.05, 0) is 37.8 Å². The van der Waals surface area contributed by atoms with E-state index in [4.69, 9.17) is 5.11 Å². The van der Waals surface area contributed by atoms with E-state index >= 15 is 0 Å². The molecule has 1 fully saturated rings. The molecule has 1 aliphatic rings. The second kappa shape index (κ2) is 5.94. The molecule has 1 aromatic rings. The minimum Gasteiger partial charge on any atom is -0.508 e. The van der Waals surface area contributed by atoms with Crippen LogP contribution in [-0.2, 0) is 16.0 Å². The number of hydrogen-bond donors (Lipinski definition) is 2. The highest BCUT2D eigenvalue weighted by Gasteiger charge is 2.37. The highest BCUT2D eigenvalue weighted by Crippen LogP contribution is 2.30. The maximum atomic E-state index is 12.2. The Morgan fingerprint density at radius 1 is 1.35 bits per heavy atom. The maximum absolute atomic E-state index is 12.2. The molecule has 0 bridgehead atoms. The van der Waals surface area contributed by atoms with Gasteiger partial charge >= 0.3 is 5.97 Å². The van der Waals surface area contributed by atoms with E-state index in [0.717, 1.165) is 12.8 Å². The van der Waals surface area contributed by atoms with Gasteiger partial charge in [-0.25, -0.2) is 4.79 Å². The Balaban J connectivity index is 1.99. The molecule has 1 aliphatic carbocycles. The van der Waals surface area contributed by atoms with Crippen molar-refractivity contribution in [1.29, 1.82) is 0 Å². The first-order valence-corrected chi connectivity index (χ1v) is 6.81. The van der Waals surface area contributed by atoms with E-state index in [1.807, 2.05) is 0 Å². The summed E-state index contributed by atoms with van der Waals surface area (Å²) in [4.78, 5) is 24.8. The summed E-state index contributed by atoms with van der Waals surface area (Å²) in [5.74, 6) is -0.969. The Bertz CT molecular complexity index is 510. The number of phenolic OH excluding ortho intramolecular Hbond substituents is 1. The SMILES string of the molecule is CC(C(=O)O)N(C(=O)CCc1ccccc1O)C1CC1. The molecule has 5 heteroatoms. The summed E-state index contributed by atoms with van der Waals surface area (Å²) in [5, 5.41) is 18.7. The highest BCUT2D eigenvalue weighted by molar-refractivity contribution is 5.84. The average Bonchev–Trinajstić information content (AvgIpc) is 3.22. The lowest BCUT2D eigenvalue weighted by molar-refractivity contribution is -0.150. The molecular weight excluding hydrogens is 258 g/mol. The summed E-state index contributed by atoms with van der Waals surface area (Å²) in [6, 6.07) is 6.16. The lowest BCUT2D eigenvalue weighted by atomic mass is 10.1. The van der Waals surface area contributed by atoms with E-state index < -0.39 is 12.0 Å². The molecule has 1 saturated carbocycles. The third-order valence-corrected chi connectivity index (χ3v) is 3.60. The Morgan fingerprint density at radius 3 is 2.55 bits per heavy atom. The summed E-state index contributed by atoms with van der Waals surface area (Å²) in [6.45, 7) is 1.54. The molecule has 0 heterocycles. The molecule has 1 amide bonds. The van der Waals surface area contributed by atoms with Gasteiger partial charge in [-0.1, -0.05) is 18.2 Å². The number of rotatable bonds is 6. The van der Waals surface area contributed by atoms with Gasteiger partial charge in [0.15, 0.2) is 0 Å². The predicted octanol–water partition coefficient (Wildman–Crippen LogP) is 1.79. The Hall–Kier alpha value is -2.04. The van der Waals surface area contributed by atoms with E-state index in [2.05, 4.69) is 0 Å². The largest absolute Gasteiger partial charge is 0.508 e. The van der Waals surface area contributed by atoms with Gasteiger partial charge in [0.25, 0.3) is 0 Å². The third-order valence-electron chi connectivity index (χ3n) is 3.60. The van der Waals surface area contributed by atoms with Gasteiger partial charge in [-0.3, -0.25) is 4.79 Å². The first-order valence-electron chi connectivity index (χ1n) is 6.81. The smallest absolute Gasteiger partial charge is 0.326 e. The minimum absolute atomic E-state index is 0.0676. The van der Waals surface area contributed by atoms with Crippen LogP contribution in [0, 0.1) is 0 Å². The van der Waals surface area contributed by atoms with E-state index in [1.54, 1.807) is 31.2 Å². The van der Waals surface area contributed by atoms with Gasteiger partial charge in [0.1, 0.15) is 11.8 Å². The van der Waals surface area contributed by atoms with Crippen molar-refractivity contribution >= 4 is 11.9 Å². The number of benzene rings is 1. The summed E-state index contributed by atoms with van der Waals surface area (Å²) in [5.41, 5.74) is 0.708. The van der Waals surface area contributed by atoms with Crippen molar-refractivity contribution in [2.45, 2.75) is 44.7 Å². The number of aryl methyl sites for hydroxylation is 1. The molecule has 20 heavy (non-hydrogen) atoms. The van der Waals surface area contributed by atoms with Crippen LogP contribution < -0.4 is 0 Å². The molecule has 0 saturated heterocycles. The van der Waals surface area contributed by atoms with Crippen LogP contribution in [0.2, 0.25) is 0 Å². The number of aliphatic carboxylic acids is 1. The summed E-state index contributed by atoms with van der Waals surface area (Å²) in [6.07, 6.45) is 2.38. The van der Waals surface area contributed by atoms with Crippen LogP contribution in [0.1, 0.15) is 31.7 Å². The fourth-order valence-electron chi connectivity index (χ4n) is 2.30. The number of nitrogens with zero attached hydrogens (tertiary/aromatic N) is 1. The standard InChI is InChI=1S/C15H19NO4/c1-10(15(19)20)16(12-7-8-12)14(18)9-6-11-4-2-3-5-13(11)17/h2-5,10,12,17H,6-9H2,1H3,(H,19,20). The summed E-state index contributed by atoms with van der Waals surface area (Å²) in [7, 11) is 0. The highest BCUT2D eigenvalue weighted by atomic mass is 16.4. The Morgan fingerprint density at radius 2 is 2.00 bits per heavy atom. The van der Waals surface area contributed by atoms with Crippen LogP contribution in [0.25, 0.3) is 0 Å². The molecule has 1 atom stereocenters. The van der Waals surface area contributed by atoms with Crippen molar-refractivity contribution in [3.05, 3.63) is 29.8 Å².